The van der Waals surface area contributed by atoms with Gasteiger partial charge in [-0.25, -0.2) is 4.39 Å². The number of halogens is 1. The van der Waals surface area contributed by atoms with Gasteiger partial charge in [-0.1, -0.05) is 13.0 Å². The fourth-order valence-corrected chi connectivity index (χ4v) is 2.22. The lowest BCUT2D eigenvalue weighted by molar-refractivity contribution is 0.382. The number of hydrogen-bond acceptors (Lipinski definition) is 1. The summed E-state index contributed by atoms with van der Waals surface area (Å²) >= 11 is 0. The van der Waals surface area contributed by atoms with E-state index in [1.54, 1.807) is 12.1 Å². The van der Waals surface area contributed by atoms with Crippen molar-refractivity contribution in [3.05, 3.63) is 35.1 Å². The van der Waals surface area contributed by atoms with Crippen molar-refractivity contribution in [3.8, 4) is 0 Å². The standard InChI is InChI=1S/C12H16FN/c1-8(7-14)10-4-9-2-3-12(13)6-11(9)5-10/h2-3,6,8,10H,4-5,7,14H2,1H3. The molecule has 2 N–H and O–H groups in total. The molecule has 76 valence electrons. The molecule has 2 rings (SSSR count). The fourth-order valence-electron chi connectivity index (χ4n) is 2.22. The molecule has 0 heterocycles. The predicted octanol–water partition coefficient (Wildman–Crippen LogP) is 2.14. The zero-order chi connectivity index (χ0) is 10.1. The molecule has 0 saturated carbocycles. The quantitative estimate of drug-likeness (QED) is 0.765. The summed E-state index contributed by atoms with van der Waals surface area (Å²) in [6.45, 7) is 2.90. The van der Waals surface area contributed by atoms with Crippen LogP contribution in [0.3, 0.4) is 0 Å². The van der Waals surface area contributed by atoms with Gasteiger partial charge >= 0.3 is 0 Å². The maximum absolute atomic E-state index is 12.9. The first-order chi connectivity index (χ1) is 6.70. The second-order valence-electron chi connectivity index (χ2n) is 4.29. The predicted molar refractivity (Wildman–Crippen MR) is 55.5 cm³/mol. The van der Waals surface area contributed by atoms with Crippen LogP contribution in [-0.4, -0.2) is 6.54 Å². The largest absolute Gasteiger partial charge is 0.330 e. The zero-order valence-corrected chi connectivity index (χ0v) is 8.46. The first kappa shape index (κ1) is 9.66. The number of nitrogens with two attached hydrogens (primary N) is 1. The van der Waals surface area contributed by atoms with Crippen LogP contribution in [0.15, 0.2) is 18.2 Å². The monoisotopic (exact) mass is 193 g/mol. The van der Waals surface area contributed by atoms with E-state index in [-0.39, 0.29) is 5.82 Å². The smallest absolute Gasteiger partial charge is 0.123 e. The summed E-state index contributed by atoms with van der Waals surface area (Å²) < 4.78 is 12.9. The second kappa shape index (κ2) is 3.70. The maximum atomic E-state index is 12.9. The molecule has 1 aliphatic carbocycles. The van der Waals surface area contributed by atoms with E-state index in [1.165, 1.54) is 11.1 Å². The Kier molecular flexibility index (Phi) is 2.55. The molecule has 2 atom stereocenters. The maximum Gasteiger partial charge on any atom is 0.123 e. The third kappa shape index (κ3) is 1.67. The summed E-state index contributed by atoms with van der Waals surface area (Å²) in [5, 5.41) is 0. The van der Waals surface area contributed by atoms with Crippen LogP contribution in [-0.2, 0) is 12.8 Å². The lowest BCUT2D eigenvalue weighted by atomic mass is 9.91. The van der Waals surface area contributed by atoms with E-state index in [1.807, 2.05) is 6.07 Å². The summed E-state index contributed by atoms with van der Waals surface area (Å²) in [7, 11) is 0. The Morgan fingerprint density at radius 2 is 2.14 bits per heavy atom. The molecule has 14 heavy (non-hydrogen) atoms. The van der Waals surface area contributed by atoms with Crippen molar-refractivity contribution in [2.24, 2.45) is 17.6 Å². The summed E-state index contributed by atoms with van der Waals surface area (Å²) in [6, 6.07) is 5.13. The molecule has 2 unspecified atom stereocenters. The SMILES string of the molecule is CC(CN)C1Cc2ccc(F)cc2C1. The highest BCUT2D eigenvalue weighted by Crippen LogP contribution is 2.31. The number of hydrogen-bond donors (Lipinski definition) is 1. The van der Waals surface area contributed by atoms with Crippen molar-refractivity contribution < 1.29 is 4.39 Å². The van der Waals surface area contributed by atoms with E-state index in [2.05, 4.69) is 6.92 Å². The van der Waals surface area contributed by atoms with E-state index in [0.717, 1.165) is 19.4 Å². The summed E-state index contributed by atoms with van der Waals surface area (Å²) in [5.41, 5.74) is 8.12. The minimum absolute atomic E-state index is 0.121. The molecule has 0 saturated heterocycles. The van der Waals surface area contributed by atoms with Gasteiger partial charge in [0.15, 0.2) is 0 Å². The lowest BCUT2D eigenvalue weighted by Gasteiger charge is -2.15. The molecule has 0 aliphatic heterocycles. The number of fused-ring (bicyclic) bond motifs is 1. The Morgan fingerprint density at radius 3 is 2.86 bits per heavy atom. The molecule has 0 radical (unpaired) electrons. The molecule has 1 aliphatic rings. The van der Waals surface area contributed by atoms with Gasteiger partial charge in [0.25, 0.3) is 0 Å². The normalized spacial score (nSPS) is 22.1. The minimum atomic E-state index is -0.121. The number of benzene rings is 1. The van der Waals surface area contributed by atoms with Gasteiger partial charge in [0, 0.05) is 0 Å². The van der Waals surface area contributed by atoms with Crippen LogP contribution in [0.2, 0.25) is 0 Å². The summed E-state index contributed by atoms with van der Waals surface area (Å²) in [5.74, 6) is 1.02. The Balaban J connectivity index is 2.17. The van der Waals surface area contributed by atoms with Gasteiger partial charge in [-0.2, -0.15) is 0 Å². The molecule has 0 fully saturated rings. The van der Waals surface area contributed by atoms with Crippen molar-refractivity contribution in [1.82, 2.24) is 0 Å². The van der Waals surface area contributed by atoms with Crippen LogP contribution >= 0.6 is 0 Å². The third-order valence-corrected chi connectivity index (χ3v) is 3.31. The highest BCUT2D eigenvalue weighted by Gasteiger charge is 2.25. The van der Waals surface area contributed by atoms with Crippen molar-refractivity contribution in [2.75, 3.05) is 6.54 Å². The minimum Gasteiger partial charge on any atom is -0.330 e. The van der Waals surface area contributed by atoms with Crippen LogP contribution in [0, 0.1) is 17.7 Å². The zero-order valence-electron chi connectivity index (χ0n) is 8.46. The first-order valence-corrected chi connectivity index (χ1v) is 5.18. The van der Waals surface area contributed by atoms with E-state index in [0.29, 0.717) is 11.8 Å². The van der Waals surface area contributed by atoms with Gasteiger partial charge < -0.3 is 5.73 Å². The highest BCUT2D eigenvalue weighted by molar-refractivity contribution is 5.33. The van der Waals surface area contributed by atoms with Gasteiger partial charge in [0.05, 0.1) is 0 Å². The molecule has 1 aromatic rings. The van der Waals surface area contributed by atoms with Gasteiger partial charge in [0.2, 0.25) is 0 Å². The molecule has 0 amide bonds. The first-order valence-electron chi connectivity index (χ1n) is 5.18. The summed E-state index contributed by atoms with van der Waals surface area (Å²) in [4.78, 5) is 0. The molecule has 0 bridgehead atoms. The van der Waals surface area contributed by atoms with Crippen LogP contribution in [0.4, 0.5) is 4.39 Å². The van der Waals surface area contributed by atoms with Crippen LogP contribution < -0.4 is 5.73 Å². The average Bonchev–Trinajstić information content (AvgIpc) is 2.59. The van der Waals surface area contributed by atoms with Crippen LogP contribution in [0.25, 0.3) is 0 Å². The topological polar surface area (TPSA) is 26.0 Å². The van der Waals surface area contributed by atoms with Crippen molar-refractivity contribution in [1.29, 1.82) is 0 Å². The van der Waals surface area contributed by atoms with Gasteiger partial charge in [0.1, 0.15) is 5.82 Å². The summed E-state index contributed by atoms with van der Waals surface area (Å²) in [6.07, 6.45) is 2.05. The fraction of sp³-hybridized carbons (Fsp3) is 0.500. The Bertz CT molecular complexity index is 335. The second-order valence-corrected chi connectivity index (χ2v) is 4.29. The molecule has 0 aromatic heterocycles. The molecular weight excluding hydrogens is 177 g/mol. The molecular formula is C12H16FN. The van der Waals surface area contributed by atoms with E-state index < -0.39 is 0 Å². The lowest BCUT2D eigenvalue weighted by Crippen LogP contribution is -2.20. The Morgan fingerprint density at radius 1 is 1.43 bits per heavy atom. The van der Waals surface area contributed by atoms with E-state index in [4.69, 9.17) is 5.73 Å². The van der Waals surface area contributed by atoms with Crippen LogP contribution in [0.5, 0.6) is 0 Å². The van der Waals surface area contributed by atoms with Gasteiger partial charge in [-0.3, -0.25) is 0 Å². The molecule has 1 nitrogen and oxygen atoms in total. The van der Waals surface area contributed by atoms with E-state index >= 15 is 0 Å². The van der Waals surface area contributed by atoms with Crippen molar-refractivity contribution in [3.63, 3.8) is 0 Å². The van der Waals surface area contributed by atoms with Gasteiger partial charge in [-0.05, 0) is 54.5 Å². The van der Waals surface area contributed by atoms with E-state index in [9.17, 15) is 4.39 Å². The molecule has 0 spiro atoms. The molecule has 2 heteroatoms. The van der Waals surface area contributed by atoms with Crippen LogP contribution in [0.1, 0.15) is 18.1 Å². The van der Waals surface area contributed by atoms with Crippen molar-refractivity contribution in [2.45, 2.75) is 19.8 Å². The van der Waals surface area contributed by atoms with Crippen molar-refractivity contribution >= 4 is 0 Å². The van der Waals surface area contributed by atoms with Gasteiger partial charge in [-0.15, -0.1) is 0 Å². The average molecular weight is 193 g/mol. The number of rotatable bonds is 2. The molecule has 1 aromatic carbocycles. The third-order valence-electron chi connectivity index (χ3n) is 3.31. The highest BCUT2D eigenvalue weighted by atomic mass is 19.1. The Hall–Kier alpha value is -0.890. The Labute approximate surface area is 84.1 Å².